The van der Waals surface area contributed by atoms with E-state index in [1.807, 2.05) is 0 Å². The molecule has 1 aliphatic carbocycles. The van der Waals surface area contributed by atoms with Crippen LogP contribution in [0, 0.1) is 10.7 Å². The van der Waals surface area contributed by atoms with Crippen LogP contribution >= 0.6 is 0 Å². The molecule has 0 heterocycles. The quantitative estimate of drug-likeness (QED) is 0.664. The van der Waals surface area contributed by atoms with Gasteiger partial charge in [-0.05, 0) is 18.8 Å². The van der Waals surface area contributed by atoms with Crippen LogP contribution in [0.2, 0.25) is 0 Å². The van der Waals surface area contributed by atoms with Crippen molar-refractivity contribution in [1.82, 2.24) is 0 Å². The molecule has 1 saturated carbocycles. The third-order valence-electron chi connectivity index (χ3n) is 2.12. The van der Waals surface area contributed by atoms with Crippen molar-refractivity contribution in [2.75, 3.05) is 6.26 Å². The molecule has 1 rings (SSSR count). The first-order valence-corrected chi connectivity index (χ1v) is 6.29. The van der Waals surface area contributed by atoms with Gasteiger partial charge >= 0.3 is 0 Å². The standard InChI is InChI=1S/C8H16N2OS/c1-12(9,11)10-7-8-5-3-2-4-6-8/h7-9H,2-6H2,1H3. The van der Waals surface area contributed by atoms with Gasteiger partial charge in [0.1, 0.15) is 9.92 Å². The monoisotopic (exact) mass is 188 g/mol. The van der Waals surface area contributed by atoms with Crippen molar-refractivity contribution in [3.63, 3.8) is 0 Å². The lowest BCUT2D eigenvalue weighted by Crippen LogP contribution is -2.08. The average Bonchev–Trinajstić information content (AvgIpc) is 2.02. The predicted octanol–water partition coefficient (Wildman–Crippen LogP) is 2.23. The van der Waals surface area contributed by atoms with E-state index in [2.05, 4.69) is 4.40 Å². The SMILES string of the molecule is CS(=N)(=O)N=CC1CCCCC1. The molecule has 0 spiro atoms. The fraction of sp³-hybridized carbons (Fsp3) is 0.875. The Balaban J connectivity index is 2.44. The largest absolute Gasteiger partial charge is 0.235 e. The molecule has 3 nitrogen and oxygen atoms in total. The molecule has 1 fully saturated rings. The Bertz CT molecular complexity index is 250. The number of hydrogen-bond acceptors (Lipinski definition) is 2. The lowest BCUT2D eigenvalue weighted by atomic mass is 9.90. The van der Waals surface area contributed by atoms with E-state index in [1.165, 1.54) is 25.5 Å². The van der Waals surface area contributed by atoms with Crippen molar-refractivity contribution in [2.45, 2.75) is 32.1 Å². The van der Waals surface area contributed by atoms with Crippen LogP contribution in [0.5, 0.6) is 0 Å². The van der Waals surface area contributed by atoms with Crippen LogP contribution in [0.4, 0.5) is 0 Å². The minimum Gasteiger partial charge on any atom is -0.235 e. The van der Waals surface area contributed by atoms with Gasteiger partial charge < -0.3 is 0 Å². The molecule has 1 unspecified atom stereocenters. The first kappa shape index (κ1) is 9.71. The lowest BCUT2D eigenvalue weighted by molar-refractivity contribution is 0.445. The molecule has 1 N–H and O–H groups in total. The van der Waals surface area contributed by atoms with Gasteiger partial charge in [0, 0.05) is 12.5 Å². The van der Waals surface area contributed by atoms with Crippen molar-refractivity contribution < 1.29 is 4.21 Å². The van der Waals surface area contributed by atoms with Crippen molar-refractivity contribution in [2.24, 2.45) is 10.3 Å². The molecule has 70 valence electrons. The molecule has 0 aromatic rings. The smallest absolute Gasteiger partial charge is 0.144 e. The van der Waals surface area contributed by atoms with Crippen LogP contribution < -0.4 is 0 Å². The molecule has 0 aromatic carbocycles. The van der Waals surface area contributed by atoms with E-state index in [-0.39, 0.29) is 0 Å². The lowest BCUT2D eigenvalue weighted by Gasteiger charge is -2.16. The normalized spacial score (nSPS) is 25.8. The summed E-state index contributed by atoms with van der Waals surface area (Å²) < 4.78 is 21.7. The predicted molar refractivity (Wildman–Crippen MR) is 51.9 cm³/mol. The molecule has 0 aliphatic heterocycles. The second-order valence-corrected chi connectivity index (χ2v) is 5.27. The van der Waals surface area contributed by atoms with Crippen LogP contribution in [-0.2, 0) is 9.92 Å². The number of hydrogen-bond donors (Lipinski definition) is 1. The van der Waals surface area contributed by atoms with E-state index in [1.54, 1.807) is 6.21 Å². The summed E-state index contributed by atoms with van der Waals surface area (Å²) >= 11 is 0. The zero-order chi connectivity index (χ0) is 9.03. The molecule has 0 bridgehead atoms. The third kappa shape index (κ3) is 3.85. The Morgan fingerprint density at radius 2 is 2.00 bits per heavy atom. The first-order valence-electron chi connectivity index (χ1n) is 4.37. The summed E-state index contributed by atoms with van der Waals surface area (Å²) in [6, 6.07) is 0. The molecule has 12 heavy (non-hydrogen) atoms. The second kappa shape index (κ2) is 4.03. The summed E-state index contributed by atoms with van der Waals surface area (Å²) in [5.41, 5.74) is 0. The van der Waals surface area contributed by atoms with Gasteiger partial charge in [-0.1, -0.05) is 19.3 Å². The average molecular weight is 188 g/mol. The summed E-state index contributed by atoms with van der Waals surface area (Å²) in [6.45, 7) is 0. The maximum absolute atomic E-state index is 10.9. The Morgan fingerprint density at radius 3 is 2.50 bits per heavy atom. The Labute approximate surface area is 74.4 Å². The van der Waals surface area contributed by atoms with Gasteiger partial charge in [-0.15, -0.1) is 0 Å². The minimum absolute atomic E-state index is 0.477. The summed E-state index contributed by atoms with van der Waals surface area (Å²) in [4.78, 5) is 0. The first-order chi connectivity index (χ1) is 5.58. The van der Waals surface area contributed by atoms with Crippen molar-refractivity contribution in [1.29, 1.82) is 4.78 Å². The van der Waals surface area contributed by atoms with E-state index < -0.39 is 9.92 Å². The van der Waals surface area contributed by atoms with E-state index in [0.717, 1.165) is 12.8 Å². The second-order valence-electron chi connectivity index (χ2n) is 3.46. The highest BCUT2D eigenvalue weighted by atomic mass is 32.2. The van der Waals surface area contributed by atoms with Gasteiger partial charge in [0.2, 0.25) is 0 Å². The fourth-order valence-electron chi connectivity index (χ4n) is 1.49. The molecule has 0 amide bonds. The molecular formula is C8H16N2OS. The van der Waals surface area contributed by atoms with E-state index in [4.69, 9.17) is 4.78 Å². The highest BCUT2D eigenvalue weighted by molar-refractivity contribution is 7.90. The maximum Gasteiger partial charge on any atom is 0.144 e. The van der Waals surface area contributed by atoms with Gasteiger partial charge in [-0.2, -0.15) is 4.40 Å². The Morgan fingerprint density at radius 1 is 1.42 bits per heavy atom. The van der Waals surface area contributed by atoms with Crippen molar-refractivity contribution in [3.05, 3.63) is 0 Å². The van der Waals surface area contributed by atoms with Crippen LogP contribution in [0.3, 0.4) is 0 Å². The van der Waals surface area contributed by atoms with Crippen LogP contribution in [-0.4, -0.2) is 16.7 Å². The summed E-state index contributed by atoms with van der Waals surface area (Å²) in [7, 11) is -2.65. The van der Waals surface area contributed by atoms with Crippen molar-refractivity contribution >= 4 is 16.1 Å². The molecule has 0 radical (unpaired) electrons. The highest BCUT2D eigenvalue weighted by Crippen LogP contribution is 2.21. The van der Waals surface area contributed by atoms with Gasteiger partial charge in [0.05, 0.1) is 0 Å². The summed E-state index contributed by atoms with van der Waals surface area (Å²) in [6.07, 6.45) is 9.20. The Hall–Kier alpha value is -0.380. The van der Waals surface area contributed by atoms with E-state index >= 15 is 0 Å². The Kier molecular flexibility index (Phi) is 3.26. The molecule has 0 aromatic heterocycles. The summed E-state index contributed by atoms with van der Waals surface area (Å²) in [5, 5.41) is 0. The number of rotatable bonds is 2. The molecule has 0 saturated heterocycles. The van der Waals surface area contributed by atoms with Gasteiger partial charge in [-0.25, -0.2) is 8.99 Å². The topological polar surface area (TPSA) is 53.3 Å². The molecular weight excluding hydrogens is 172 g/mol. The minimum atomic E-state index is -2.65. The van der Waals surface area contributed by atoms with Gasteiger partial charge in [0.25, 0.3) is 0 Å². The van der Waals surface area contributed by atoms with Crippen LogP contribution in [0.25, 0.3) is 0 Å². The van der Waals surface area contributed by atoms with Crippen LogP contribution in [0.15, 0.2) is 4.40 Å². The van der Waals surface area contributed by atoms with Gasteiger partial charge in [-0.3, -0.25) is 0 Å². The van der Waals surface area contributed by atoms with E-state index in [9.17, 15) is 4.21 Å². The van der Waals surface area contributed by atoms with Crippen LogP contribution in [0.1, 0.15) is 32.1 Å². The third-order valence-corrected chi connectivity index (χ3v) is 2.65. The number of nitrogens with zero attached hydrogens (tertiary/aromatic N) is 1. The molecule has 1 aliphatic rings. The summed E-state index contributed by atoms with van der Waals surface area (Å²) in [5.74, 6) is 0.477. The van der Waals surface area contributed by atoms with Crippen molar-refractivity contribution in [3.8, 4) is 0 Å². The fourth-order valence-corrected chi connectivity index (χ4v) is 1.89. The number of nitrogens with one attached hydrogen (secondary N) is 1. The maximum atomic E-state index is 10.9. The van der Waals surface area contributed by atoms with E-state index in [0.29, 0.717) is 5.92 Å². The van der Waals surface area contributed by atoms with Gasteiger partial charge in [0.15, 0.2) is 0 Å². The molecule has 4 heteroatoms. The molecule has 1 atom stereocenters. The highest BCUT2D eigenvalue weighted by Gasteiger charge is 2.10. The zero-order valence-electron chi connectivity index (χ0n) is 7.45. The zero-order valence-corrected chi connectivity index (χ0v) is 8.27.